The van der Waals surface area contributed by atoms with Crippen LogP contribution >= 0.6 is 8.58 Å². The number of allylic oxidation sites excluding steroid dienone is 1. The van der Waals surface area contributed by atoms with Crippen LogP contribution in [0.4, 0.5) is 0 Å². The van der Waals surface area contributed by atoms with Crippen LogP contribution in [0.3, 0.4) is 0 Å². The van der Waals surface area contributed by atoms with Crippen molar-refractivity contribution in [1.29, 1.82) is 0 Å². The predicted octanol–water partition coefficient (Wildman–Crippen LogP) is 3.00. The summed E-state index contributed by atoms with van der Waals surface area (Å²) in [7, 11) is 1.06. The Morgan fingerprint density at radius 3 is 2.62 bits per heavy atom. The second-order valence-electron chi connectivity index (χ2n) is 1.76. The van der Waals surface area contributed by atoms with Crippen molar-refractivity contribution >= 4 is 8.58 Å². The highest BCUT2D eigenvalue weighted by molar-refractivity contribution is 7.41. The lowest BCUT2D eigenvalue weighted by atomic mass is 10.5. The molecule has 1 unspecified atom stereocenters. The third-order valence-corrected chi connectivity index (χ3v) is 2.13. The van der Waals surface area contributed by atoms with Crippen molar-refractivity contribution in [3.63, 3.8) is 0 Å². The Balaban J connectivity index is 2.80. The zero-order chi connectivity index (χ0) is 6.24. The van der Waals surface area contributed by atoms with E-state index in [9.17, 15) is 0 Å². The molecule has 0 spiro atoms. The highest BCUT2D eigenvalue weighted by Gasteiger charge is 1.73. The second kappa shape index (κ2) is 7.17. The molecule has 0 bridgehead atoms. The van der Waals surface area contributed by atoms with E-state index >= 15 is 0 Å². The number of hydrogen-bond donors (Lipinski definition) is 0. The van der Waals surface area contributed by atoms with E-state index in [0.717, 1.165) is 8.58 Å². The summed E-state index contributed by atoms with van der Waals surface area (Å²) in [6.07, 6.45) is 6.13. The van der Waals surface area contributed by atoms with Gasteiger partial charge >= 0.3 is 0 Å². The second-order valence-corrected chi connectivity index (χ2v) is 3.01. The van der Waals surface area contributed by atoms with Gasteiger partial charge in [0.2, 0.25) is 0 Å². The molecule has 0 N–H and O–H groups in total. The van der Waals surface area contributed by atoms with Crippen LogP contribution in [0.1, 0.15) is 26.7 Å². The van der Waals surface area contributed by atoms with Crippen molar-refractivity contribution in [2.45, 2.75) is 26.7 Å². The third-order valence-electron chi connectivity index (χ3n) is 0.866. The lowest BCUT2D eigenvalue weighted by Crippen LogP contribution is -1.62. The van der Waals surface area contributed by atoms with Gasteiger partial charge in [0.15, 0.2) is 0 Å². The summed E-state index contributed by atoms with van der Waals surface area (Å²) >= 11 is 0. The Morgan fingerprint density at radius 1 is 1.38 bits per heavy atom. The Labute approximate surface area is 54.2 Å². The minimum atomic E-state index is 1.06. The van der Waals surface area contributed by atoms with Gasteiger partial charge in [-0.2, -0.15) is 0 Å². The molecule has 0 aromatic rings. The summed E-state index contributed by atoms with van der Waals surface area (Å²) in [6, 6.07) is 0. The molecule has 0 saturated heterocycles. The van der Waals surface area contributed by atoms with Crippen LogP contribution in [-0.2, 0) is 0 Å². The summed E-state index contributed by atoms with van der Waals surface area (Å²) in [5.41, 5.74) is 0. The first-order valence-corrected chi connectivity index (χ1v) is 4.58. The van der Waals surface area contributed by atoms with Gasteiger partial charge in [-0.15, -0.1) is 0 Å². The SMILES string of the molecule is CC/C=C/PCCC. The van der Waals surface area contributed by atoms with Crippen LogP contribution in [0.25, 0.3) is 0 Å². The van der Waals surface area contributed by atoms with Crippen molar-refractivity contribution in [3.05, 3.63) is 11.9 Å². The zero-order valence-electron chi connectivity index (χ0n) is 5.78. The first kappa shape index (κ1) is 8.17. The molecule has 8 heavy (non-hydrogen) atoms. The molecule has 1 atom stereocenters. The maximum atomic E-state index is 2.30. The Kier molecular flexibility index (Phi) is 7.32. The third kappa shape index (κ3) is 6.17. The molecule has 0 aromatic heterocycles. The first-order valence-electron chi connectivity index (χ1n) is 3.30. The van der Waals surface area contributed by atoms with Crippen LogP contribution in [-0.4, -0.2) is 6.16 Å². The summed E-state index contributed by atoms with van der Waals surface area (Å²) in [6.45, 7) is 4.40. The van der Waals surface area contributed by atoms with E-state index < -0.39 is 0 Å². The minimum absolute atomic E-state index is 1.06. The molecule has 0 aliphatic heterocycles. The molecular formula is C7H15P. The van der Waals surface area contributed by atoms with Gasteiger partial charge in [0.05, 0.1) is 0 Å². The zero-order valence-corrected chi connectivity index (χ0v) is 6.78. The standard InChI is InChI=1S/C7H15P/c1-3-5-7-8-6-4-2/h5,7-8H,3-4,6H2,1-2H3/b7-5+. The summed E-state index contributed by atoms with van der Waals surface area (Å²) in [5.74, 6) is 2.30. The fourth-order valence-corrected chi connectivity index (χ4v) is 1.29. The number of hydrogen-bond acceptors (Lipinski definition) is 0. The van der Waals surface area contributed by atoms with Gasteiger partial charge in [0.1, 0.15) is 0 Å². The van der Waals surface area contributed by atoms with Gasteiger partial charge in [-0.1, -0.05) is 40.7 Å². The molecule has 0 fully saturated rings. The van der Waals surface area contributed by atoms with Gasteiger partial charge in [-0.05, 0) is 12.6 Å². The normalized spacial score (nSPS) is 12.2. The monoisotopic (exact) mass is 130 g/mol. The lowest BCUT2D eigenvalue weighted by Gasteiger charge is -1.86. The molecule has 1 heteroatoms. The summed E-state index contributed by atoms with van der Waals surface area (Å²) in [4.78, 5) is 0. The topological polar surface area (TPSA) is 0 Å². The summed E-state index contributed by atoms with van der Waals surface area (Å²) in [5, 5.41) is 0. The van der Waals surface area contributed by atoms with E-state index in [1.165, 1.54) is 19.0 Å². The maximum absolute atomic E-state index is 2.30. The van der Waals surface area contributed by atoms with Gasteiger partial charge < -0.3 is 0 Å². The van der Waals surface area contributed by atoms with E-state index in [1.807, 2.05) is 0 Å². The molecule has 0 rings (SSSR count). The fourth-order valence-electron chi connectivity index (χ4n) is 0.429. The molecule has 0 amide bonds. The molecule has 0 aliphatic carbocycles. The highest BCUT2D eigenvalue weighted by atomic mass is 31.1. The molecule has 0 radical (unpaired) electrons. The minimum Gasteiger partial charge on any atom is -0.0988 e. The average molecular weight is 130 g/mol. The van der Waals surface area contributed by atoms with Gasteiger partial charge in [0, 0.05) is 0 Å². The van der Waals surface area contributed by atoms with Gasteiger partial charge in [-0.25, -0.2) is 0 Å². The lowest BCUT2D eigenvalue weighted by molar-refractivity contribution is 1.10. The van der Waals surface area contributed by atoms with Gasteiger partial charge in [0.25, 0.3) is 0 Å². The Morgan fingerprint density at radius 2 is 2.12 bits per heavy atom. The van der Waals surface area contributed by atoms with E-state index in [0.29, 0.717) is 0 Å². The Bertz CT molecular complexity index is 57.4. The van der Waals surface area contributed by atoms with Crippen LogP contribution in [0.5, 0.6) is 0 Å². The predicted molar refractivity (Wildman–Crippen MR) is 42.9 cm³/mol. The van der Waals surface area contributed by atoms with E-state index in [2.05, 4.69) is 25.7 Å². The smallest absolute Gasteiger partial charge is 0.0321 e. The first-order chi connectivity index (χ1) is 3.91. The van der Waals surface area contributed by atoms with E-state index in [4.69, 9.17) is 0 Å². The van der Waals surface area contributed by atoms with Crippen molar-refractivity contribution < 1.29 is 0 Å². The average Bonchev–Trinajstić information content (AvgIpc) is 1.81. The van der Waals surface area contributed by atoms with Crippen molar-refractivity contribution in [2.24, 2.45) is 0 Å². The molecule has 0 aromatic carbocycles. The quantitative estimate of drug-likeness (QED) is 0.405. The van der Waals surface area contributed by atoms with Gasteiger partial charge in [-0.3, -0.25) is 0 Å². The van der Waals surface area contributed by atoms with E-state index in [-0.39, 0.29) is 0 Å². The summed E-state index contributed by atoms with van der Waals surface area (Å²) < 4.78 is 0. The number of rotatable bonds is 4. The van der Waals surface area contributed by atoms with E-state index in [1.54, 1.807) is 0 Å². The van der Waals surface area contributed by atoms with Crippen molar-refractivity contribution in [1.82, 2.24) is 0 Å². The molecule has 0 saturated carbocycles. The van der Waals surface area contributed by atoms with Crippen LogP contribution in [0.2, 0.25) is 0 Å². The Hall–Kier alpha value is 0.170. The molecule has 48 valence electrons. The molecule has 0 heterocycles. The highest BCUT2D eigenvalue weighted by Crippen LogP contribution is 2.12. The molecule has 0 aliphatic rings. The van der Waals surface area contributed by atoms with Crippen LogP contribution < -0.4 is 0 Å². The van der Waals surface area contributed by atoms with Crippen LogP contribution in [0.15, 0.2) is 11.9 Å². The maximum Gasteiger partial charge on any atom is -0.0321 e. The van der Waals surface area contributed by atoms with Crippen molar-refractivity contribution in [3.8, 4) is 0 Å². The molecule has 0 nitrogen and oxygen atoms in total. The van der Waals surface area contributed by atoms with Crippen molar-refractivity contribution in [2.75, 3.05) is 6.16 Å². The van der Waals surface area contributed by atoms with Crippen LogP contribution in [0, 0.1) is 0 Å². The largest absolute Gasteiger partial charge is 0.0988 e. The molecular weight excluding hydrogens is 115 g/mol. The fraction of sp³-hybridized carbons (Fsp3) is 0.714.